The van der Waals surface area contributed by atoms with E-state index in [9.17, 15) is 9.18 Å². The van der Waals surface area contributed by atoms with Gasteiger partial charge in [-0.1, -0.05) is 25.4 Å². The van der Waals surface area contributed by atoms with Crippen LogP contribution in [0.4, 0.5) is 4.39 Å². The maximum absolute atomic E-state index is 12.2. The van der Waals surface area contributed by atoms with Crippen LogP contribution in [0, 0.1) is 17.3 Å². The predicted molar refractivity (Wildman–Crippen MR) is 46.7 cm³/mol. The van der Waals surface area contributed by atoms with Crippen molar-refractivity contribution in [3.05, 3.63) is 11.4 Å². The maximum Gasteiger partial charge on any atom is 0.225 e. The molecule has 0 aliphatic heterocycles. The quantitative estimate of drug-likeness (QED) is 0.641. The lowest BCUT2D eigenvalue weighted by Crippen LogP contribution is -1.96. The third-order valence-corrected chi connectivity index (χ3v) is 2.82. The van der Waals surface area contributed by atoms with Gasteiger partial charge in [0, 0.05) is 5.92 Å². The van der Waals surface area contributed by atoms with Crippen molar-refractivity contribution in [2.24, 2.45) is 17.3 Å². The summed E-state index contributed by atoms with van der Waals surface area (Å²) in [5.41, 5.74) is -0.245. The Labute approximate surface area is 80.5 Å². The van der Waals surface area contributed by atoms with Crippen LogP contribution in [-0.4, -0.2) is 5.24 Å². The number of halogens is 3. The minimum atomic E-state index is -0.770. The number of hydrogen-bond donors (Lipinski definition) is 0. The molecule has 0 radical (unpaired) electrons. The molecule has 0 amide bonds. The van der Waals surface area contributed by atoms with Gasteiger partial charge >= 0.3 is 0 Å². The smallest absolute Gasteiger partial charge is 0.225 e. The SMILES string of the molecule is CC1(C)C(C(=O)Cl)[C@@H]1/C=C(\F)Cl. The van der Waals surface area contributed by atoms with Crippen LogP contribution >= 0.6 is 23.2 Å². The van der Waals surface area contributed by atoms with Crippen molar-refractivity contribution in [3.8, 4) is 0 Å². The van der Waals surface area contributed by atoms with E-state index in [1.54, 1.807) is 0 Å². The molecule has 68 valence electrons. The molecule has 0 aromatic heterocycles. The average molecular weight is 211 g/mol. The van der Waals surface area contributed by atoms with Crippen LogP contribution in [0.3, 0.4) is 0 Å². The highest BCUT2D eigenvalue weighted by molar-refractivity contribution is 6.64. The van der Waals surface area contributed by atoms with E-state index < -0.39 is 10.5 Å². The molecular weight excluding hydrogens is 202 g/mol. The van der Waals surface area contributed by atoms with E-state index in [0.717, 1.165) is 0 Å². The second kappa shape index (κ2) is 3.00. The summed E-state index contributed by atoms with van der Waals surface area (Å²) in [6.07, 6.45) is 1.24. The van der Waals surface area contributed by atoms with E-state index in [2.05, 4.69) is 0 Å². The molecule has 12 heavy (non-hydrogen) atoms. The first-order chi connectivity index (χ1) is 5.37. The lowest BCUT2D eigenvalue weighted by atomic mass is 10.1. The minimum Gasteiger partial charge on any atom is -0.281 e. The number of hydrogen-bond acceptors (Lipinski definition) is 1. The van der Waals surface area contributed by atoms with Crippen molar-refractivity contribution >= 4 is 28.4 Å². The van der Waals surface area contributed by atoms with Gasteiger partial charge in [-0.3, -0.25) is 4.79 Å². The molecule has 0 spiro atoms. The van der Waals surface area contributed by atoms with E-state index in [4.69, 9.17) is 23.2 Å². The first-order valence-electron chi connectivity index (χ1n) is 3.59. The average Bonchev–Trinajstić information content (AvgIpc) is 2.32. The molecule has 0 saturated heterocycles. The van der Waals surface area contributed by atoms with E-state index in [1.165, 1.54) is 6.08 Å². The summed E-state index contributed by atoms with van der Waals surface area (Å²) in [7, 11) is 0. The van der Waals surface area contributed by atoms with E-state index in [-0.39, 0.29) is 17.3 Å². The maximum atomic E-state index is 12.2. The highest BCUT2D eigenvalue weighted by Gasteiger charge is 2.60. The highest BCUT2D eigenvalue weighted by Crippen LogP contribution is 2.60. The molecule has 1 saturated carbocycles. The molecule has 2 atom stereocenters. The zero-order valence-electron chi connectivity index (χ0n) is 6.77. The van der Waals surface area contributed by atoms with Crippen molar-refractivity contribution in [1.82, 2.24) is 0 Å². The lowest BCUT2D eigenvalue weighted by Gasteiger charge is -1.95. The van der Waals surface area contributed by atoms with Gasteiger partial charge in [0.1, 0.15) is 0 Å². The van der Waals surface area contributed by atoms with Gasteiger partial charge in [0.15, 0.2) is 5.29 Å². The zero-order valence-corrected chi connectivity index (χ0v) is 8.29. The first-order valence-corrected chi connectivity index (χ1v) is 4.35. The number of allylic oxidation sites excluding steroid dienone is 1. The molecule has 4 heteroatoms. The summed E-state index contributed by atoms with van der Waals surface area (Å²) in [5, 5.41) is -1.19. The van der Waals surface area contributed by atoms with Crippen molar-refractivity contribution in [2.45, 2.75) is 13.8 Å². The molecule has 1 nitrogen and oxygen atoms in total. The first kappa shape index (κ1) is 10.0. The Hall–Kier alpha value is -0.0800. The van der Waals surface area contributed by atoms with Crippen LogP contribution in [0.15, 0.2) is 11.4 Å². The molecule has 0 N–H and O–H groups in total. The van der Waals surface area contributed by atoms with Gasteiger partial charge in [-0.05, 0) is 29.0 Å². The molecule has 0 aromatic rings. The molecule has 1 rings (SSSR count). The van der Waals surface area contributed by atoms with Crippen molar-refractivity contribution in [2.75, 3.05) is 0 Å². The minimum absolute atomic E-state index is 0.153. The van der Waals surface area contributed by atoms with Gasteiger partial charge in [-0.15, -0.1) is 0 Å². The van der Waals surface area contributed by atoms with Crippen LogP contribution in [0.25, 0.3) is 0 Å². The summed E-state index contributed by atoms with van der Waals surface area (Å²) in [4.78, 5) is 10.8. The molecule has 0 bridgehead atoms. The standard InChI is InChI=1S/C8H9Cl2FO/c1-8(2)4(3-5(9)11)6(8)7(10)12/h3-4,6H,1-2H3/b5-3-/t4-,6?/m0/s1. The third kappa shape index (κ3) is 1.64. The lowest BCUT2D eigenvalue weighted by molar-refractivity contribution is -0.113. The molecule has 1 aliphatic carbocycles. The normalized spacial score (nSPS) is 33.2. The Morgan fingerprint density at radius 3 is 2.25 bits per heavy atom. The Bertz CT molecular complexity index is 243. The van der Waals surface area contributed by atoms with Crippen molar-refractivity contribution in [1.29, 1.82) is 0 Å². The number of carbonyl (C=O) groups is 1. The molecule has 0 aromatic carbocycles. The van der Waals surface area contributed by atoms with Gasteiger partial charge in [-0.2, -0.15) is 4.39 Å². The Morgan fingerprint density at radius 2 is 2.00 bits per heavy atom. The Kier molecular flexibility index (Phi) is 2.50. The Morgan fingerprint density at radius 1 is 1.50 bits per heavy atom. The van der Waals surface area contributed by atoms with Crippen LogP contribution in [-0.2, 0) is 4.79 Å². The van der Waals surface area contributed by atoms with E-state index in [1.807, 2.05) is 13.8 Å². The monoisotopic (exact) mass is 210 g/mol. The number of rotatable bonds is 2. The van der Waals surface area contributed by atoms with Crippen molar-refractivity contribution < 1.29 is 9.18 Å². The van der Waals surface area contributed by atoms with Crippen LogP contribution in [0.5, 0.6) is 0 Å². The highest BCUT2D eigenvalue weighted by atomic mass is 35.5. The van der Waals surface area contributed by atoms with Gasteiger partial charge in [0.25, 0.3) is 0 Å². The van der Waals surface area contributed by atoms with Gasteiger partial charge in [0.2, 0.25) is 5.24 Å². The van der Waals surface area contributed by atoms with Gasteiger partial charge in [0.05, 0.1) is 0 Å². The largest absolute Gasteiger partial charge is 0.281 e. The van der Waals surface area contributed by atoms with E-state index in [0.29, 0.717) is 0 Å². The number of carbonyl (C=O) groups excluding carboxylic acids is 1. The fourth-order valence-corrected chi connectivity index (χ4v) is 2.11. The topological polar surface area (TPSA) is 17.1 Å². The second-order valence-electron chi connectivity index (χ2n) is 3.59. The Balaban J connectivity index is 2.73. The van der Waals surface area contributed by atoms with Crippen LogP contribution in [0.1, 0.15) is 13.8 Å². The molecule has 1 fully saturated rings. The van der Waals surface area contributed by atoms with E-state index >= 15 is 0 Å². The van der Waals surface area contributed by atoms with Crippen LogP contribution < -0.4 is 0 Å². The molecule has 1 aliphatic rings. The summed E-state index contributed by atoms with van der Waals surface area (Å²) < 4.78 is 12.2. The van der Waals surface area contributed by atoms with Crippen LogP contribution in [0.2, 0.25) is 0 Å². The summed E-state index contributed by atoms with van der Waals surface area (Å²) in [6.45, 7) is 3.72. The molecule has 1 unspecified atom stereocenters. The summed E-state index contributed by atoms with van der Waals surface area (Å²) >= 11 is 10.4. The predicted octanol–water partition coefficient (Wildman–Crippen LogP) is 3.07. The van der Waals surface area contributed by atoms with Crippen molar-refractivity contribution in [3.63, 3.8) is 0 Å². The third-order valence-electron chi connectivity index (χ3n) is 2.46. The van der Waals surface area contributed by atoms with Gasteiger partial charge < -0.3 is 0 Å². The zero-order chi connectivity index (χ0) is 9.52. The summed E-state index contributed by atoms with van der Waals surface area (Å²) in [6, 6.07) is 0. The second-order valence-corrected chi connectivity index (χ2v) is 4.32. The molecular formula is C8H9Cl2FO. The summed E-state index contributed by atoms with van der Waals surface area (Å²) in [5.74, 6) is -0.441. The van der Waals surface area contributed by atoms with Gasteiger partial charge in [-0.25, -0.2) is 0 Å². The fraction of sp³-hybridized carbons (Fsp3) is 0.625. The molecule has 0 heterocycles. The fourth-order valence-electron chi connectivity index (χ4n) is 1.56.